The molecule has 19 heavy (non-hydrogen) atoms. The molecule has 0 unspecified atom stereocenters. The molecular weight excluding hydrogens is 246 g/mol. The van der Waals surface area contributed by atoms with Gasteiger partial charge in [0.15, 0.2) is 0 Å². The van der Waals surface area contributed by atoms with E-state index >= 15 is 0 Å². The Morgan fingerprint density at radius 3 is 2.68 bits per heavy atom. The number of methoxy groups -OCH3 is 2. The first kappa shape index (κ1) is 15.6. The summed E-state index contributed by atoms with van der Waals surface area (Å²) in [7, 11) is 3.03. The van der Waals surface area contributed by atoms with Crippen molar-refractivity contribution in [1.82, 2.24) is 5.32 Å². The molecule has 1 aromatic rings. The third-order valence-electron chi connectivity index (χ3n) is 2.59. The lowest BCUT2D eigenvalue weighted by molar-refractivity contribution is 0.0599. The molecule has 0 heterocycles. The maximum absolute atomic E-state index is 11.6. The summed E-state index contributed by atoms with van der Waals surface area (Å²) < 4.78 is 15.0. The van der Waals surface area contributed by atoms with Crippen LogP contribution in [0.5, 0.6) is 0 Å². The van der Waals surface area contributed by atoms with Gasteiger partial charge in [0.05, 0.1) is 32.5 Å². The van der Waals surface area contributed by atoms with Crippen molar-refractivity contribution in [3.8, 4) is 0 Å². The molecule has 5 heteroatoms. The molecule has 0 aliphatic rings. The molecule has 0 bridgehead atoms. The van der Waals surface area contributed by atoms with E-state index < -0.39 is 0 Å². The van der Waals surface area contributed by atoms with E-state index in [4.69, 9.17) is 14.2 Å². The summed E-state index contributed by atoms with van der Waals surface area (Å²) in [6, 6.07) is 7.39. The molecule has 0 atom stereocenters. The summed E-state index contributed by atoms with van der Waals surface area (Å²) in [4.78, 5) is 11.6. The molecule has 0 saturated carbocycles. The van der Waals surface area contributed by atoms with E-state index in [1.165, 1.54) is 7.11 Å². The Labute approximate surface area is 113 Å². The second-order valence-electron chi connectivity index (χ2n) is 3.93. The van der Waals surface area contributed by atoms with Gasteiger partial charge >= 0.3 is 5.97 Å². The number of rotatable bonds is 9. The summed E-state index contributed by atoms with van der Waals surface area (Å²) >= 11 is 0. The molecule has 0 aliphatic carbocycles. The maximum atomic E-state index is 11.6. The highest BCUT2D eigenvalue weighted by atomic mass is 16.5. The number of benzene rings is 1. The van der Waals surface area contributed by atoms with Gasteiger partial charge in [0.1, 0.15) is 0 Å². The summed E-state index contributed by atoms with van der Waals surface area (Å²) in [6.07, 6.45) is 0. The molecule has 0 aromatic heterocycles. The largest absolute Gasteiger partial charge is 0.465 e. The predicted octanol–water partition coefficient (Wildman–Crippen LogP) is 1.23. The average Bonchev–Trinajstić information content (AvgIpc) is 2.46. The van der Waals surface area contributed by atoms with Crippen molar-refractivity contribution < 1.29 is 19.0 Å². The molecule has 0 amide bonds. The van der Waals surface area contributed by atoms with Crippen molar-refractivity contribution in [2.24, 2.45) is 0 Å². The summed E-state index contributed by atoms with van der Waals surface area (Å²) in [6.45, 7) is 3.14. The van der Waals surface area contributed by atoms with Gasteiger partial charge in [0, 0.05) is 20.2 Å². The Morgan fingerprint density at radius 1 is 1.16 bits per heavy atom. The van der Waals surface area contributed by atoms with Gasteiger partial charge in [0.2, 0.25) is 0 Å². The van der Waals surface area contributed by atoms with Crippen LogP contribution >= 0.6 is 0 Å². The number of nitrogens with one attached hydrogen (secondary N) is 1. The first-order valence-corrected chi connectivity index (χ1v) is 6.23. The highest BCUT2D eigenvalue weighted by Gasteiger charge is 2.09. The normalized spacial score (nSPS) is 10.4. The minimum atomic E-state index is -0.311. The van der Waals surface area contributed by atoms with Gasteiger partial charge in [-0.1, -0.05) is 18.2 Å². The second-order valence-corrected chi connectivity index (χ2v) is 3.93. The van der Waals surface area contributed by atoms with Crippen LogP contribution < -0.4 is 5.32 Å². The van der Waals surface area contributed by atoms with Crippen molar-refractivity contribution in [2.75, 3.05) is 40.6 Å². The van der Waals surface area contributed by atoms with Crippen LogP contribution in [0.2, 0.25) is 0 Å². The second kappa shape index (κ2) is 9.49. The number of hydrogen-bond donors (Lipinski definition) is 1. The minimum absolute atomic E-state index is 0.311. The zero-order chi connectivity index (χ0) is 13.9. The molecule has 0 radical (unpaired) electrons. The third-order valence-corrected chi connectivity index (χ3v) is 2.59. The van der Waals surface area contributed by atoms with Crippen molar-refractivity contribution in [3.05, 3.63) is 35.4 Å². The van der Waals surface area contributed by atoms with Crippen molar-refractivity contribution in [2.45, 2.75) is 6.54 Å². The lowest BCUT2D eigenvalue weighted by Crippen LogP contribution is -2.21. The van der Waals surface area contributed by atoms with E-state index in [0.29, 0.717) is 31.9 Å². The lowest BCUT2D eigenvalue weighted by Gasteiger charge is -2.09. The first-order chi connectivity index (χ1) is 9.29. The number of carbonyl (C=O) groups is 1. The van der Waals surface area contributed by atoms with Crippen molar-refractivity contribution in [3.63, 3.8) is 0 Å². The van der Waals surface area contributed by atoms with E-state index in [1.54, 1.807) is 13.2 Å². The summed E-state index contributed by atoms with van der Waals surface area (Å²) in [5.74, 6) is -0.311. The topological polar surface area (TPSA) is 56.8 Å². The van der Waals surface area contributed by atoms with E-state index in [-0.39, 0.29) is 5.97 Å². The molecule has 1 rings (SSSR count). The Bertz CT molecular complexity index is 381. The average molecular weight is 267 g/mol. The molecule has 5 nitrogen and oxygen atoms in total. The van der Waals surface area contributed by atoms with Gasteiger partial charge in [-0.05, 0) is 11.6 Å². The van der Waals surface area contributed by atoms with Crippen molar-refractivity contribution in [1.29, 1.82) is 0 Å². The zero-order valence-electron chi connectivity index (χ0n) is 11.5. The van der Waals surface area contributed by atoms with Gasteiger partial charge < -0.3 is 19.5 Å². The van der Waals surface area contributed by atoms with Crippen LogP contribution in [-0.2, 0) is 20.8 Å². The fraction of sp³-hybridized carbons (Fsp3) is 0.500. The Kier molecular flexibility index (Phi) is 7.81. The van der Waals surface area contributed by atoms with Crippen LogP contribution in [0.3, 0.4) is 0 Å². The van der Waals surface area contributed by atoms with E-state index in [2.05, 4.69) is 5.32 Å². The quantitative estimate of drug-likeness (QED) is 0.538. The van der Waals surface area contributed by atoms with E-state index in [9.17, 15) is 4.79 Å². The third kappa shape index (κ3) is 5.83. The van der Waals surface area contributed by atoms with Crippen molar-refractivity contribution >= 4 is 5.97 Å². The minimum Gasteiger partial charge on any atom is -0.465 e. The van der Waals surface area contributed by atoms with Crippen LogP contribution in [0.4, 0.5) is 0 Å². The molecule has 0 fully saturated rings. The van der Waals surface area contributed by atoms with Gasteiger partial charge in [-0.2, -0.15) is 0 Å². The molecule has 106 valence electrons. The fourth-order valence-corrected chi connectivity index (χ4v) is 1.60. The van der Waals surface area contributed by atoms with Gasteiger partial charge in [-0.15, -0.1) is 0 Å². The first-order valence-electron chi connectivity index (χ1n) is 6.23. The Hall–Kier alpha value is -1.43. The molecular formula is C14H21NO4. The maximum Gasteiger partial charge on any atom is 0.338 e. The lowest BCUT2D eigenvalue weighted by atomic mass is 10.1. The fourth-order valence-electron chi connectivity index (χ4n) is 1.60. The zero-order valence-corrected chi connectivity index (χ0v) is 11.5. The van der Waals surface area contributed by atoms with Gasteiger partial charge in [-0.25, -0.2) is 4.79 Å². The highest BCUT2D eigenvalue weighted by molar-refractivity contribution is 5.90. The number of ether oxygens (including phenoxy) is 3. The number of carbonyl (C=O) groups excluding carboxylic acids is 1. The standard InChI is InChI=1S/C14H21NO4/c1-17-9-10-19-8-7-15-11-12-5-3-4-6-13(12)14(16)18-2/h3-6,15H,7-11H2,1-2H3. The van der Waals surface area contributed by atoms with Crippen LogP contribution in [0.1, 0.15) is 15.9 Å². The molecule has 0 aliphatic heterocycles. The smallest absolute Gasteiger partial charge is 0.338 e. The summed E-state index contributed by atoms with van der Waals surface area (Å²) in [5, 5.41) is 3.22. The molecule has 1 N–H and O–H groups in total. The van der Waals surface area contributed by atoms with Gasteiger partial charge in [-0.3, -0.25) is 0 Å². The van der Waals surface area contributed by atoms with Gasteiger partial charge in [0.25, 0.3) is 0 Å². The predicted molar refractivity (Wildman–Crippen MR) is 72.2 cm³/mol. The number of esters is 1. The summed E-state index contributed by atoms with van der Waals surface area (Å²) in [5.41, 5.74) is 1.52. The Morgan fingerprint density at radius 2 is 1.95 bits per heavy atom. The van der Waals surface area contributed by atoms with Crippen LogP contribution in [-0.4, -0.2) is 46.6 Å². The van der Waals surface area contributed by atoms with Crippen LogP contribution in [0, 0.1) is 0 Å². The number of hydrogen-bond acceptors (Lipinski definition) is 5. The van der Waals surface area contributed by atoms with Crippen LogP contribution in [0.25, 0.3) is 0 Å². The SMILES string of the molecule is COCCOCCNCc1ccccc1C(=O)OC. The Balaban J connectivity index is 2.31. The molecule has 1 aromatic carbocycles. The van der Waals surface area contributed by atoms with E-state index in [0.717, 1.165) is 12.1 Å². The van der Waals surface area contributed by atoms with Crippen LogP contribution in [0.15, 0.2) is 24.3 Å². The highest BCUT2D eigenvalue weighted by Crippen LogP contribution is 2.09. The van der Waals surface area contributed by atoms with E-state index in [1.807, 2.05) is 18.2 Å². The molecule has 0 saturated heterocycles. The monoisotopic (exact) mass is 267 g/mol. The molecule has 0 spiro atoms.